The lowest BCUT2D eigenvalue weighted by molar-refractivity contribution is 0.0695. The fourth-order valence-electron chi connectivity index (χ4n) is 3.13. The molecule has 1 aliphatic rings. The molecular weight excluding hydrogens is 355 g/mol. The first-order chi connectivity index (χ1) is 12.9. The van der Waals surface area contributed by atoms with E-state index in [1.807, 2.05) is 0 Å². The van der Waals surface area contributed by atoms with E-state index in [1.54, 1.807) is 4.90 Å². The topological polar surface area (TPSA) is 109 Å². The minimum atomic E-state index is -1.37. The first-order valence-electron chi connectivity index (χ1n) is 8.28. The number of rotatable bonds is 3. The van der Waals surface area contributed by atoms with Crippen molar-refractivity contribution in [3.63, 3.8) is 0 Å². The number of halogens is 1. The van der Waals surface area contributed by atoms with E-state index in [0.29, 0.717) is 31.1 Å². The average Bonchev–Trinajstić information content (AvgIpc) is 3.09. The summed E-state index contributed by atoms with van der Waals surface area (Å²) in [5, 5.41) is 19.1. The van der Waals surface area contributed by atoms with Crippen molar-refractivity contribution in [3.05, 3.63) is 58.3 Å². The molecule has 1 aromatic carbocycles. The molecule has 0 amide bonds. The Hall–Kier alpha value is -3.33. The van der Waals surface area contributed by atoms with E-state index >= 15 is 0 Å². The van der Waals surface area contributed by atoms with Gasteiger partial charge in [-0.15, -0.1) is 0 Å². The van der Waals surface area contributed by atoms with Crippen LogP contribution in [0.4, 0.5) is 10.3 Å². The molecule has 138 valence electrons. The number of hydrogen-bond donors (Lipinski definition) is 2. The predicted octanol–water partition coefficient (Wildman–Crippen LogP) is 1.19. The second kappa shape index (κ2) is 6.44. The van der Waals surface area contributed by atoms with E-state index in [9.17, 15) is 24.2 Å². The van der Waals surface area contributed by atoms with Crippen LogP contribution in [0.2, 0.25) is 0 Å². The van der Waals surface area contributed by atoms with Crippen LogP contribution >= 0.6 is 0 Å². The number of aliphatic hydroxyl groups excluding tert-OH is 1. The third kappa shape index (κ3) is 3.02. The highest BCUT2D eigenvalue weighted by atomic mass is 19.1. The second-order valence-corrected chi connectivity index (χ2v) is 6.32. The summed E-state index contributed by atoms with van der Waals surface area (Å²) >= 11 is 0. The van der Waals surface area contributed by atoms with Crippen molar-refractivity contribution in [2.45, 2.75) is 12.5 Å². The molecule has 0 aliphatic carbocycles. The van der Waals surface area contributed by atoms with Gasteiger partial charge >= 0.3 is 5.97 Å². The number of hydrogen-bond acceptors (Lipinski definition) is 6. The predicted molar refractivity (Wildman–Crippen MR) is 94.9 cm³/mol. The van der Waals surface area contributed by atoms with Gasteiger partial charge in [0.15, 0.2) is 5.65 Å². The lowest BCUT2D eigenvalue weighted by Crippen LogP contribution is -2.25. The van der Waals surface area contributed by atoms with Gasteiger partial charge in [0, 0.05) is 31.2 Å². The number of aromatic nitrogens is 3. The van der Waals surface area contributed by atoms with Gasteiger partial charge in [0.05, 0.1) is 11.5 Å². The van der Waals surface area contributed by atoms with Crippen LogP contribution < -0.4 is 10.3 Å². The molecule has 8 nitrogen and oxygen atoms in total. The van der Waals surface area contributed by atoms with E-state index in [1.165, 1.54) is 41.2 Å². The largest absolute Gasteiger partial charge is 0.477 e. The smallest absolute Gasteiger partial charge is 0.341 e. The normalized spacial score (nSPS) is 16.8. The van der Waals surface area contributed by atoms with Crippen molar-refractivity contribution < 1.29 is 19.4 Å². The zero-order valence-electron chi connectivity index (χ0n) is 14.0. The van der Waals surface area contributed by atoms with Crippen molar-refractivity contribution in [2.24, 2.45) is 0 Å². The number of aliphatic hydroxyl groups is 1. The SMILES string of the molecule is O=C(O)c1cn(-c2ccc(F)cc2)c2nc(N3CCC(O)C3)ncc2c1=O. The highest BCUT2D eigenvalue weighted by Crippen LogP contribution is 2.21. The number of pyridine rings is 1. The molecule has 1 unspecified atom stereocenters. The molecule has 2 N–H and O–H groups in total. The Labute approximate surface area is 152 Å². The van der Waals surface area contributed by atoms with Crippen LogP contribution in [0.3, 0.4) is 0 Å². The number of β-amino-alcohol motifs (C(OH)–C–C–N with tert-alkyl or cyclic N) is 1. The Kier molecular flexibility index (Phi) is 4.08. The van der Waals surface area contributed by atoms with Gasteiger partial charge in [0.2, 0.25) is 11.4 Å². The zero-order valence-corrected chi connectivity index (χ0v) is 14.0. The number of nitrogens with zero attached hydrogens (tertiary/aromatic N) is 4. The molecule has 0 saturated carbocycles. The maximum absolute atomic E-state index is 13.3. The first kappa shape index (κ1) is 17.1. The monoisotopic (exact) mass is 370 g/mol. The van der Waals surface area contributed by atoms with Gasteiger partial charge < -0.3 is 19.7 Å². The lowest BCUT2D eigenvalue weighted by atomic mass is 10.2. The Morgan fingerprint density at radius 3 is 2.63 bits per heavy atom. The summed E-state index contributed by atoms with van der Waals surface area (Å²) in [6, 6.07) is 5.40. The number of carboxylic acids is 1. The van der Waals surface area contributed by atoms with Crippen LogP contribution in [0.1, 0.15) is 16.8 Å². The fraction of sp³-hybridized carbons (Fsp3) is 0.222. The van der Waals surface area contributed by atoms with Crippen LogP contribution in [0, 0.1) is 5.82 Å². The van der Waals surface area contributed by atoms with Gasteiger partial charge in [-0.25, -0.2) is 14.2 Å². The van der Waals surface area contributed by atoms with Gasteiger partial charge in [-0.1, -0.05) is 0 Å². The number of aromatic carboxylic acids is 1. The minimum absolute atomic E-state index is 0.0442. The molecule has 0 bridgehead atoms. The standard InChI is InChI=1S/C18H15FN4O4/c19-10-1-3-11(4-2-10)23-9-14(17(26)27)15(25)13-7-20-18(21-16(13)23)22-6-5-12(24)8-22/h1-4,7,9,12,24H,5-6,8H2,(H,26,27). The molecule has 2 aromatic heterocycles. The Morgan fingerprint density at radius 1 is 1.26 bits per heavy atom. The molecule has 0 spiro atoms. The molecule has 3 heterocycles. The summed E-state index contributed by atoms with van der Waals surface area (Å²) in [7, 11) is 0. The van der Waals surface area contributed by atoms with Crippen molar-refractivity contribution in [3.8, 4) is 5.69 Å². The van der Waals surface area contributed by atoms with Crippen molar-refractivity contribution >= 4 is 23.0 Å². The molecule has 1 aliphatic heterocycles. The summed E-state index contributed by atoms with van der Waals surface area (Å²) in [5.74, 6) is -1.48. The van der Waals surface area contributed by atoms with Crippen molar-refractivity contribution in [2.75, 3.05) is 18.0 Å². The first-order valence-corrected chi connectivity index (χ1v) is 8.28. The van der Waals surface area contributed by atoms with Crippen molar-refractivity contribution in [1.82, 2.24) is 14.5 Å². The second-order valence-electron chi connectivity index (χ2n) is 6.32. The summed E-state index contributed by atoms with van der Waals surface area (Å²) in [6.45, 7) is 0.945. The molecular formula is C18H15FN4O4. The Bertz CT molecular complexity index is 1100. The summed E-state index contributed by atoms with van der Waals surface area (Å²) < 4.78 is 14.7. The lowest BCUT2D eigenvalue weighted by Gasteiger charge is -2.17. The molecule has 0 radical (unpaired) electrons. The third-order valence-electron chi connectivity index (χ3n) is 4.51. The van der Waals surface area contributed by atoms with Gasteiger partial charge in [-0.05, 0) is 30.7 Å². The average molecular weight is 370 g/mol. The van der Waals surface area contributed by atoms with E-state index in [0.717, 1.165) is 0 Å². The van der Waals surface area contributed by atoms with E-state index in [-0.39, 0.29) is 11.0 Å². The quantitative estimate of drug-likeness (QED) is 0.713. The molecule has 4 rings (SSSR count). The van der Waals surface area contributed by atoms with Crippen LogP contribution in [0.5, 0.6) is 0 Å². The van der Waals surface area contributed by atoms with Gasteiger partial charge in [0.1, 0.15) is 11.4 Å². The van der Waals surface area contributed by atoms with Gasteiger partial charge in [0.25, 0.3) is 0 Å². The molecule has 1 fully saturated rings. The number of carbonyl (C=O) groups is 1. The molecule has 3 aromatic rings. The summed E-state index contributed by atoms with van der Waals surface area (Å²) in [6.07, 6.45) is 2.58. The third-order valence-corrected chi connectivity index (χ3v) is 4.51. The maximum atomic E-state index is 13.3. The summed E-state index contributed by atoms with van der Waals surface area (Å²) in [4.78, 5) is 34.4. The highest BCUT2D eigenvalue weighted by Gasteiger charge is 2.24. The number of fused-ring (bicyclic) bond motifs is 1. The fourth-order valence-corrected chi connectivity index (χ4v) is 3.13. The summed E-state index contributed by atoms with van der Waals surface area (Å²) in [5.41, 5.74) is -0.457. The van der Waals surface area contributed by atoms with E-state index in [2.05, 4.69) is 9.97 Å². The van der Waals surface area contributed by atoms with Gasteiger partial charge in [-0.2, -0.15) is 4.98 Å². The number of carboxylic acid groups (broad SMARTS) is 1. The highest BCUT2D eigenvalue weighted by molar-refractivity contribution is 5.92. The molecule has 1 atom stereocenters. The van der Waals surface area contributed by atoms with Crippen LogP contribution in [0.15, 0.2) is 41.5 Å². The number of benzene rings is 1. The molecule has 27 heavy (non-hydrogen) atoms. The Morgan fingerprint density at radius 2 is 2.00 bits per heavy atom. The molecule has 9 heteroatoms. The minimum Gasteiger partial charge on any atom is -0.477 e. The van der Waals surface area contributed by atoms with Crippen LogP contribution in [0.25, 0.3) is 16.7 Å². The van der Waals surface area contributed by atoms with Crippen LogP contribution in [-0.4, -0.2) is 49.9 Å². The zero-order chi connectivity index (χ0) is 19.1. The maximum Gasteiger partial charge on any atom is 0.341 e. The van der Waals surface area contributed by atoms with E-state index < -0.39 is 28.9 Å². The number of anilines is 1. The Balaban J connectivity index is 1.97. The van der Waals surface area contributed by atoms with Crippen molar-refractivity contribution in [1.29, 1.82) is 0 Å². The van der Waals surface area contributed by atoms with Crippen LogP contribution in [-0.2, 0) is 0 Å². The van der Waals surface area contributed by atoms with E-state index in [4.69, 9.17) is 0 Å². The molecule has 1 saturated heterocycles. The van der Waals surface area contributed by atoms with Gasteiger partial charge in [-0.3, -0.25) is 4.79 Å².